The molecule has 0 saturated carbocycles. The molecule has 2 aromatic rings. The van der Waals surface area contributed by atoms with Gasteiger partial charge >= 0.3 is 12.4 Å². The Kier molecular flexibility index (Phi) is 8.18. The molecule has 0 aliphatic carbocycles. The minimum atomic E-state index is -6.09. The summed E-state index contributed by atoms with van der Waals surface area (Å²) in [5.41, 5.74) is -6.17. The second kappa shape index (κ2) is 10.9. The van der Waals surface area contributed by atoms with E-state index >= 15 is 0 Å². The molecule has 2 aliphatic heterocycles. The molecule has 1 fully saturated rings. The number of hydrogen-bond donors (Lipinski definition) is 2. The first-order valence-electron chi connectivity index (χ1n) is 12.5. The van der Waals surface area contributed by atoms with E-state index < -0.39 is 45.5 Å². The molecule has 40 heavy (non-hydrogen) atoms. The molecule has 0 aromatic heterocycles. The number of alkyl halides is 6. The molecular formula is C26H28F6N2O5S. The van der Waals surface area contributed by atoms with Crippen molar-refractivity contribution in [1.82, 2.24) is 5.32 Å². The first-order chi connectivity index (χ1) is 18.6. The Balaban J connectivity index is 1.76. The van der Waals surface area contributed by atoms with Crippen molar-refractivity contribution in [3.8, 4) is 0 Å². The van der Waals surface area contributed by atoms with Gasteiger partial charge in [0.05, 0.1) is 16.6 Å². The zero-order chi connectivity index (χ0) is 29.5. The largest absolute Gasteiger partial charge is 0.430 e. The van der Waals surface area contributed by atoms with Crippen molar-refractivity contribution in [2.45, 2.75) is 74.0 Å². The number of amides is 1. The second-order valence-electron chi connectivity index (χ2n) is 10.0. The maximum atomic E-state index is 13.8. The first kappa shape index (κ1) is 30.1. The number of aryl methyl sites for hydroxylation is 2. The van der Waals surface area contributed by atoms with Crippen LogP contribution in [-0.4, -0.2) is 57.1 Å². The Labute approximate surface area is 227 Å². The minimum absolute atomic E-state index is 0.0563. The molecule has 0 radical (unpaired) electrons. The van der Waals surface area contributed by atoms with Gasteiger partial charge in [0, 0.05) is 31.2 Å². The summed E-state index contributed by atoms with van der Waals surface area (Å²) >= 11 is 0. The summed E-state index contributed by atoms with van der Waals surface area (Å²) < 4.78 is 115. The van der Waals surface area contributed by atoms with Crippen molar-refractivity contribution >= 4 is 21.6 Å². The van der Waals surface area contributed by atoms with Crippen molar-refractivity contribution in [3.05, 3.63) is 59.2 Å². The van der Waals surface area contributed by atoms with Crippen LogP contribution in [0.4, 0.5) is 32.0 Å². The highest BCUT2D eigenvalue weighted by Gasteiger charge is 2.71. The van der Waals surface area contributed by atoms with Crippen LogP contribution in [0.25, 0.3) is 0 Å². The van der Waals surface area contributed by atoms with E-state index in [-0.39, 0.29) is 41.5 Å². The van der Waals surface area contributed by atoms with E-state index in [1.807, 2.05) is 0 Å². The molecule has 2 heterocycles. The Morgan fingerprint density at radius 2 is 1.60 bits per heavy atom. The molecule has 0 bridgehead atoms. The highest BCUT2D eigenvalue weighted by atomic mass is 32.2. The standard InChI is InChI=1S/C26H28F6N2O5S/c1-16-2-7-21(8-3-16)40(37,38)34-20(15-23(35)33-19-10-12-39-13-11-19)6-4-17-14-18(5-9-22(17)34)24(36,25(27,28)29)26(30,31)32/h2-3,5,7-9,14,19-20,36H,4,6,10-13,15H2,1H3,(H,33,35)/t20-/m0/s1. The molecule has 1 amide bonds. The van der Waals surface area contributed by atoms with Crippen molar-refractivity contribution in [2.24, 2.45) is 0 Å². The van der Waals surface area contributed by atoms with Crippen LogP contribution in [0.2, 0.25) is 0 Å². The van der Waals surface area contributed by atoms with Crippen LogP contribution in [0.15, 0.2) is 47.4 Å². The second-order valence-corrected chi connectivity index (χ2v) is 11.8. The van der Waals surface area contributed by atoms with Gasteiger partial charge in [0.1, 0.15) is 0 Å². The minimum Gasteiger partial charge on any atom is -0.381 e. The predicted molar refractivity (Wildman–Crippen MR) is 132 cm³/mol. The summed E-state index contributed by atoms with van der Waals surface area (Å²) in [5.74, 6) is -0.440. The number of benzene rings is 2. The fraction of sp³-hybridized carbons (Fsp3) is 0.500. The van der Waals surface area contributed by atoms with Crippen molar-refractivity contribution in [3.63, 3.8) is 0 Å². The lowest BCUT2D eigenvalue weighted by atomic mass is 9.87. The molecule has 2 aromatic carbocycles. The van der Waals surface area contributed by atoms with E-state index in [1.165, 1.54) is 12.1 Å². The van der Waals surface area contributed by atoms with Gasteiger partial charge in [-0.3, -0.25) is 9.10 Å². The summed E-state index contributed by atoms with van der Waals surface area (Å²) in [4.78, 5) is 12.7. The SMILES string of the molecule is Cc1ccc(S(=O)(=O)N2c3ccc(C(O)(C(F)(F)F)C(F)(F)F)cc3CC[C@H]2CC(=O)NC2CCOCC2)cc1. The number of hydrogen-bond acceptors (Lipinski definition) is 5. The lowest BCUT2D eigenvalue weighted by Gasteiger charge is -2.39. The first-order valence-corrected chi connectivity index (χ1v) is 14.0. The third-order valence-corrected chi connectivity index (χ3v) is 9.10. The van der Waals surface area contributed by atoms with Gasteiger partial charge in [-0.1, -0.05) is 29.8 Å². The van der Waals surface area contributed by atoms with E-state index in [4.69, 9.17) is 4.74 Å². The molecule has 4 rings (SSSR count). The zero-order valence-electron chi connectivity index (χ0n) is 21.3. The molecule has 1 atom stereocenters. The van der Waals surface area contributed by atoms with Gasteiger partial charge in [-0.2, -0.15) is 26.3 Å². The van der Waals surface area contributed by atoms with Gasteiger partial charge in [0.25, 0.3) is 15.6 Å². The third kappa shape index (κ3) is 5.66. The maximum Gasteiger partial charge on any atom is 0.430 e. The Bertz CT molecular complexity index is 1320. The Morgan fingerprint density at radius 1 is 1.00 bits per heavy atom. The van der Waals surface area contributed by atoms with Crippen LogP contribution in [0.1, 0.15) is 42.4 Å². The fourth-order valence-corrected chi connectivity index (χ4v) is 6.74. The van der Waals surface area contributed by atoms with Gasteiger partial charge in [0.15, 0.2) is 0 Å². The van der Waals surface area contributed by atoms with E-state index in [2.05, 4.69) is 5.32 Å². The number of sulfonamides is 1. The highest BCUT2D eigenvalue weighted by Crippen LogP contribution is 2.51. The van der Waals surface area contributed by atoms with E-state index in [0.717, 1.165) is 15.9 Å². The zero-order valence-corrected chi connectivity index (χ0v) is 22.2. The molecule has 0 spiro atoms. The summed E-state index contributed by atoms with van der Waals surface area (Å²) in [7, 11) is -4.40. The summed E-state index contributed by atoms with van der Waals surface area (Å²) in [5, 5.41) is 12.7. The van der Waals surface area contributed by atoms with Crippen molar-refractivity contribution in [2.75, 3.05) is 17.5 Å². The van der Waals surface area contributed by atoms with Gasteiger partial charge in [-0.05, 0) is 56.4 Å². The van der Waals surface area contributed by atoms with Crippen LogP contribution in [0.5, 0.6) is 0 Å². The highest BCUT2D eigenvalue weighted by molar-refractivity contribution is 7.92. The molecule has 2 aliphatic rings. The number of nitrogens with zero attached hydrogens (tertiary/aromatic N) is 1. The lowest BCUT2D eigenvalue weighted by molar-refractivity contribution is -0.376. The number of fused-ring (bicyclic) bond motifs is 1. The quantitative estimate of drug-likeness (QED) is 0.481. The lowest BCUT2D eigenvalue weighted by Crippen LogP contribution is -2.54. The van der Waals surface area contributed by atoms with Crippen LogP contribution >= 0.6 is 0 Å². The van der Waals surface area contributed by atoms with Crippen LogP contribution < -0.4 is 9.62 Å². The number of halogens is 6. The number of anilines is 1. The number of carbonyl (C=O) groups excluding carboxylic acids is 1. The van der Waals surface area contributed by atoms with Gasteiger partial charge in [-0.15, -0.1) is 0 Å². The number of carbonyl (C=O) groups is 1. The summed E-state index contributed by atoms with van der Waals surface area (Å²) in [6.07, 6.45) is -11.5. The number of nitrogens with one attached hydrogen (secondary N) is 1. The predicted octanol–water partition coefficient (Wildman–Crippen LogP) is 4.50. The summed E-state index contributed by atoms with van der Waals surface area (Å²) in [6, 6.07) is 6.39. The normalized spacial score (nSPS) is 19.3. The van der Waals surface area contributed by atoms with Crippen molar-refractivity contribution < 1.29 is 49.4 Å². The molecule has 220 valence electrons. The van der Waals surface area contributed by atoms with Gasteiger partial charge in [-0.25, -0.2) is 8.42 Å². The molecule has 14 heteroatoms. The molecule has 2 N–H and O–H groups in total. The molecule has 1 saturated heterocycles. The topological polar surface area (TPSA) is 95.9 Å². The van der Waals surface area contributed by atoms with E-state index in [0.29, 0.717) is 38.2 Å². The Hall–Kier alpha value is -2.84. The molecule has 7 nitrogen and oxygen atoms in total. The number of rotatable bonds is 6. The molecule has 0 unspecified atom stereocenters. The van der Waals surface area contributed by atoms with Gasteiger partial charge < -0.3 is 15.2 Å². The average Bonchev–Trinajstić information content (AvgIpc) is 2.87. The number of aliphatic hydroxyl groups is 1. The monoisotopic (exact) mass is 594 g/mol. The number of ether oxygens (including phenoxy) is 1. The van der Waals surface area contributed by atoms with Crippen molar-refractivity contribution in [1.29, 1.82) is 0 Å². The van der Waals surface area contributed by atoms with Crippen LogP contribution in [0.3, 0.4) is 0 Å². The smallest absolute Gasteiger partial charge is 0.381 e. The maximum absolute atomic E-state index is 13.8. The van der Waals surface area contributed by atoms with E-state index in [1.54, 1.807) is 19.1 Å². The third-order valence-electron chi connectivity index (χ3n) is 7.22. The Morgan fingerprint density at radius 3 is 2.17 bits per heavy atom. The van der Waals surface area contributed by atoms with Crippen LogP contribution in [0, 0.1) is 6.92 Å². The average molecular weight is 595 g/mol. The molecular weight excluding hydrogens is 566 g/mol. The van der Waals surface area contributed by atoms with Crippen LogP contribution in [-0.2, 0) is 31.6 Å². The van der Waals surface area contributed by atoms with E-state index in [9.17, 15) is 44.7 Å². The fourth-order valence-electron chi connectivity index (χ4n) is 5.03. The van der Waals surface area contributed by atoms with Gasteiger partial charge in [0.2, 0.25) is 5.91 Å². The summed E-state index contributed by atoms with van der Waals surface area (Å²) in [6.45, 7) is 2.65.